The molecule has 8 nitrogen and oxygen atoms in total. The van der Waals surface area contributed by atoms with Gasteiger partial charge in [0.1, 0.15) is 5.54 Å². The SMILES string of the molecule is O=C(CCCN1C(=O)NC2(CCCC2)C1=O)Nc1nc2ccccc2n1C1CCCCC1. The van der Waals surface area contributed by atoms with E-state index >= 15 is 0 Å². The molecule has 1 spiro atoms. The standard InChI is InChI=1S/C24H31N5O3/c30-20(13-8-16-28-21(31)24(27-23(28)32)14-6-7-15-24)26-22-25-18-11-4-5-12-19(18)29(22)17-9-2-1-3-10-17/h4-5,11-12,17H,1-3,6-10,13-16H2,(H,27,32)(H,25,26,30). The fourth-order valence-corrected chi connectivity index (χ4v) is 5.62. The van der Waals surface area contributed by atoms with E-state index in [-0.39, 0.29) is 30.8 Å². The van der Waals surface area contributed by atoms with Crippen LogP contribution in [-0.4, -0.2) is 44.4 Å². The van der Waals surface area contributed by atoms with Gasteiger partial charge in [0.15, 0.2) is 0 Å². The number of urea groups is 1. The number of rotatable bonds is 6. The summed E-state index contributed by atoms with van der Waals surface area (Å²) in [5.74, 6) is 0.336. The Hall–Kier alpha value is -2.90. The van der Waals surface area contributed by atoms with Gasteiger partial charge in [0, 0.05) is 19.0 Å². The average molecular weight is 438 g/mol. The molecule has 1 saturated heterocycles. The molecule has 0 unspecified atom stereocenters. The van der Waals surface area contributed by atoms with Gasteiger partial charge in [0.25, 0.3) is 5.91 Å². The Labute approximate surface area is 187 Å². The molecule has 8 heteroatoms. The van der Waals surface area contributed by atoms with Gasteiger partial charge < -0.3 is 9.88 Å². The number of imidazole rings is 1. The topological polar surface area (TPSA) is 96.3 Å². The number of carbonyl (C=O) groups excluding carboxylic acids is 3. The number of hydrogen-bond acceptors (Lipinski definition) is 4. The summed E-state index contributed by atoms with van der Waals surface area (Å²) in [4.78, 5) is 43.8. The third kappa shape index (κ3) is 3.76. The first-order valence-electron chi connectivity index (χ1n) is 12.0. The summed E-state index contributed by atoms with van der Waals surface area (Å²) < 4.78 is 2.19. The zero-order valence-corrected chi connectivity index (χ0v) is 18.4. The van der Waals surface area contributed by atoms with Crippen molar-refractivity contribution in [2.75, 3.05) is 11.9 Å². The van der Waals surface area contributed by atoms with Crippen molar-refractivity contribution in [3.05, 3.63) is 24.3 Å². The molecule has 2 saturated carbocycles. The molecule has 3 fully saturated rings. The van der Waals surface area contributed by atoms with Gasteiger partial charge in [-0.25, -0.2) is 9.78 Å². The van der Waals surface area contributed by atoms with Gasteiger partial charge >= 0.3 is 6.03 Å². The number of amides is 4. The second-order valence-electron chi connectivity index (χ2n) is 9.41. The van der Waals surface area contributed by atoms with E-state index in [9.17, 15) is 14.4 Å². The van der Waals surface area contributed by atoms with E-state index in [1.165, 1.54) is 24.2 Å². The number of imide groups is 1. The fourth-order valence-electron chi connectivity index (χ4n) is 5.62. The highest BCUT2D eigenvalue weighted by Gasteiger charge is 2.52. The molecule has 0 bridgehead atoms. The summed E-state index contributed by atoms with van der Waals surface area (Å²) in [6.07, 6.45) is 9.86. The van der Waals surface area contributed by atoms with Crippen LogP contribution in [0.3, 0.4) is 0 Å². The van der Waals surface area contributed by atoms with E-state index in [2.05, 4.69) is 26.3 Å². The molecule has 170 valence electrons. The van der Waals surface area contributed by atoms with Crippen molar-refractivity contribution in [3.63, 3.8) is 0 Å². The minimum absolute atomic E-state index is 0.125. The highest BCUT2D eigenvalue weighted by Crippen LogP contribution is 2.36. The molecule has 1 aromatic heterocycles. The van der Waals surface area contributed by atoms with Crippen LogP contribution in [0.25, 0.3) is 11.0 Å². The summed E-state index contributed by atoms with van der Waals surface area (Å²) in [5.41, 5.74) is 1.25. The lowest BCUT2D eigenvalue weighted by atomic mass is 9.95. The van der Waals surface area contributed by atoms with Crippen LogP contribution in [0.15, 0.2) is 24.3 Å². The predicted octanol–water partition coefficient (Wildman–Crippen LogP) is 4.12. The van der Waals surface area contributed by atoms with Gasteiger partial charge in [-0.3, -0.25) is 19.8 Å². The van der Waals surface area contributed by atoms with Gasteiger partial charge in [-0.2, -0.15) is 0 Å². The van der Waals surface area contributed by atoms with Crippen molar-refractivity contribution in [2.45, 2.75) is 82.2 Å². The fraction of sp³-hybridized carbons (Fsp3) is 0.583. The van der Waals surface area contributed by atoms with Crippen molar-refractivity contribution in [3.8, 4) is 0 Å². The van der Waals surface area contributed by atoms with E-state index in [1.54, 1.807) is 0 Å². The zero-order chi connectivity index (χ0) is 22.1. The maximum absolute atomic E-state index is 12.8. The molecule has 32 heavy (non-hydrogen) atoms. The van der Waals surface area contributed by atoms with Crippen LogP contribution >= 0.6 is 0 Å². The van der Waals surface area contributed by atoms with Crippen LogP contribution < -0.4 is 10.6 Å². The number of nitrogens with one attached hydrogen (secondary N) is 2. The summed E-state index contributed by atoms with van der Waals surface area (Å²) in [5, 5.41) is 5.89. The molecule has 1 aromatic carbocycles. The molecule has 1 aliphatic heterocycles. The number of aromatic nitrogens is 2. The van der Waals surface area contributed by atoms with E-state index in [0.717, 1.165) is 36.7 Å². The van der Waals surface area contributed by atoms with E-state index in [4.69, 9.17) is 0 Å². The third-order valence-electron chi connectivity index (χ3n) is 7.28. The Morgan fingerprint density at radius 1 is 1.09 bits per heavy atom. The van der Waals surface area contributed by atoms with Crippen LogP contribution in [0.1, 0.15) is 76.7 Å². The van der Waals surface area contributed by atoms with Crippen molar-refractivity contribution in [2.24, 2.45) is 0 Å². The number of para-hydroxylation sites is 2. The first-order valence-corrected chi connectivity index (χ1v) is 12.0. The van der Waals surface area contributed by atoms with Crippen molar-refractivity contribution < 1.29 is 14.4 Å². The van der Waals surface area contributed by atoms with Gasteiger partial charge in [-0.15, -0.1) is 0 Å². The van der Waals surface area contributed by atoms with Gasteiger partial charge in [-0.1, -0.05) is 44.2 Å². The van der Waals surface area contributed by atoms with Gasteiger partial charge in [0.05, 0.1) is 11.0 Å². The molecular formula is C24H31N5O3. The normalized spacial score (nSPS) is 20.9. The summed E-state index contributed by atoms with van der Waals surface area (Å²) >= 11 is 0. The minimum Gasteiger partial charge on any atom is -0.323 e. The quantitative estimate of drug-likeness (QED) is 0.664. The maximum Gasteiger partial charge on any atom is 0.325 e. The molecule has 0 atom stereocenters. The zero-order valence-electron chi connectivity index (χ0n) is 18.4. The third-order valence-corrected chi connectivity index (χ3v) is 7.28. The van der Waals surface area contributed by atoms with Crippen molar-refractivity contribution in [1.82, 2.24) is 19.8 Å². The molecule has 2 aromatic rings. The van der Waals surface area contributed by atoms with E-state index in [0.29, 0.717) is 31.3 Å². The second kappa shape index (κ2) is 8.56. The Morgan fingerprint density at radius 2 is 1.84 bits per heavy atom. The highest BCUT2D eigenvalue weighted by atomic mass is 16.2. The predicted molar refractivity (Wildman–Crippen MR) is 121 cm³/mol. The summed E-state index contributed by atoms with van der Waals surface area (Å²) in [6.45, 7) is 0.263. The van der Waals surface area contributed by atoms with Crippen LogP contribution in [0.2, 0.25) is 0 Å². The smallest absolute Gasteiger partial charge is 0.323 e. The lowest BCUT2D eigenvalue weighted by Gasteiger charge is -2.25. The number of fused-ring (bicyclic) bond motifs is 1. The second-order valence-corrected chi connectivity index (χ2v) is 9.41. The van der Waals surface area contributed by atoms with Crippen LogP contribution in [0.5, 0.6) is 0 Å². The Morgan fingerprint density at radius 3 is 2.62 bits per heavy atom. The van der Waals surface area contributed by atoms with E-state index < -0.39 is 5.54 Å². The van der Waals surface area contributed by atoms with Crippen molar-refractivity contribution in [1.29, 1.82) is 0 Å². The molecular weight excluding hydrogens is 406 g/mol. The summed E-state index contributed by atoms with van der Waals surface area (Å²) in [7, 11) is 0. The van der Waals surface area contributed by atoms with Crippen LogP contribution in [-0.2, 0) is 9.59 Å². The van der Waals surface area contributed by atoms with Gasteiger partial charge in [0.2, 0.25) is 11.9 Å². The summed E-state index contributed by atoms with van der Waals surface area (Å²) in [6, 6.07) is 8.02. The number of hydrogen-bond donors (Lipinski definition) is 2. The molecule has 0 radical (unpaired) electrons. The lowest BCUT2D eigenvalue weighted by Crippen LogP contribution is -2.44. The minimum atomic E-state index is -0.690. The number of anilines is 1. The largest absolute Gasteiger partial charge is 0.325 e. The first kappa shape index (κ1) is 21.0. The Kier molecular flexibility index (Phi) is 5.61. The highest BCUT2D eigenvalue weighted by molar-refractivity contribution is 6.07. The lowest BCUT2D eigenvalue weighted by molar-refractivity contribution is -0.131. The molecule has 4 amide bonds. The van der Waals surface area contributed by atoms with Crippen LogP contribution in [0, 0.1) is 0 Å². The van der Waals surface area contributed by atoms with Crippen molar-refractivity contribution >= 4 is 34.8 Å². The maximum atomic E-state index is 12.8. The molecule has 2 aliphatic carbocycles. The Balaban J connectivity index is 1.23. The monoisotopic (exact) mass is 437 g/mol. The average Bonchev–Trinajstić information content (AvgIpc) is 3.47. The molecule has 2 N–H and O–H groups in total. The number of benzene rings is 1. The molecule has 2 heterocycles. The first-order chi connectivity index (χ1) is 15.6. The van der Waals surface area contributed by atoms with E-state index in [1.807, 2.05) is 18.2 Å². The molecule has 3 aliphatic rings. The molecule has 5 rings (SSSR count). The number of nitrogens with zero attached hydrogens (tertiary/aromatic N) is 3. The van der Waals surface area contributed by atoms with Gasteiger partial charge in [-0.05, 0) is 44.2 Å². The Bertz CT molecular complexity index is 1030. The number of carbonyl (C=O) groups is 3. The van der Waals surface area contributed by atoms with Crippen LogP contribution in [0.4, 0.5) is 10.7 Å².